The van der Waals surface area contributed by atoms with Crippen LogP contribution in [0.2, 0.25) is 0 Å². The normalized spacial score (nSPS) is 15.1. The largest absolute Gasteiger partial charge is 0.312 e. The molecule has 3 aromatic rings. The predicted octanol–water partition coefficient (Wildman–Crippen LogP) is 5.26. The first-order valence-corrected chi connectivity index (χ1v) is 11.0. The highest BCUT2D eigenvalue weighted by atomic mass is 16.6. The van der Waals surface area contributed by atoms with Gasteiger partial charge in [-0.15, -0.1) is 0 Å². The molecule has 0 unspecified atom stereocenters. The average molecular weight is 416 g/mol. The van der Waals surface area contributed by atoms with E-state index in [1.54, 1.807) is 12.1 Å². The van der Waals surface area contributed by atoms with Crippen LogP contribution in [-0.4, -0.2) is 29.5 Å². The molecule has 0 aliphatic carbocycles. The molecule has 0 bridgehead atoms. The Labute approximate surface area is 183 Å². The maximum Gasteiger partial charge on any atom is 0.269 e. The maximum absolute atomic E-state index is 10.9. The lowest BCUT2D eigenvalue weighted by molar-refractivity contribution is -0.384. The van der Waals surface area contributed by atoms with Gasteiger partial charge in [-0.05, 0) is 60.6 Å². The van der Waals surface area contributed by atoms with Crippen molar-refractivity contribution in [1.29, 1.82) is 0 Å². The highest BCUT2D eigenvalue weighted by Crippen LogP contribution is 2.22. The summed E-state index contributed by atoms with van der Waals surface area (Å²) in [5, 5.41) is 14.4. The molecule has 0 spiro atoms. The van der Waals surface area contributed by atoms with Crippen molar-refractivity contribution in [2.75, 3.05) is 19.6 Å². The Kier molecular flexibility index (Phi) is 7.07. The minimum atomic E-state index is -0.339. The number of hydrogen-bond acceptors (Lipinski definition) is 4. The van der Waals surface area contributed by atoms with Gasteiger partial charge in [0.25, 0.3) is 5.69 Å². The molecule has 5 nitrogen and oxygen atoms in total. The van der Waals surface area contributed by atoms with Crippen LogP contribution in [0.5, 0.6) is 0 Å². The second kappa shape index (κ2) is 10.3. The molecule has 160 valence electrons. The number of piperidine rings is 1. The first-order chi connectivity index (χ1) is 15.2. The topological polar surface area (TPSA) is 58.4 Å². The van der Waals surface area contributed by atoms with E-state index in [-0.39, 0.29) is 10.6 Å². The molecule has 1 fully saturated rings. The number of nitro benzene ring substituents is 1. The van der Waals surface area contributed by atoms with Crippen molar-refractivity contribution in [2.24, 2.45) is 5.92 Å². The van der Waals surface area contributed by atoms with Crippen LogP contribution < -0.4 is 5.32 Å². The van der Waals surface area contributed by atoms with E-state index in [1.165, 1.54) is 35.6 Å². The summed E-state index contributed by atoms with van der Waals surface area (Å²) in [5.74, 6) is 0.662. The summed E-state index contributed by atoms with van der Waals surface area (Å²) in [6.07, 6.45) is 2.37. The summed E-state index contributed by atoms with van der Waals surface area (Å²) in [6.45, 7) is 4.87. The fraction of sp³-hybridized carbons (Fsp3) is 0.308. The highest BCUT2D eigenvalue weighted by molar-refractivity contribution is 5.63. The van der Waals surface area contributed by atoms with Gasteiger partial charge in [-0.25, -0.2) is 0 Å². The summed E-state index contributed by atoms with van der Waals surface area (Å²) in [7, 11) is 0. The molecule has 1 aliphatic heterocycles. The van der Waals surface area contributed by atoms with E-state index in [0.29, 0.717) is 12.5 Å². The molecule has 1 aliphatic rings. The molecule has 4 rings (SSSR count). The molecule has 1 N–H and O–H groups in total. The molecule has 1 heterocycles. The Bertz CT molecular complexity index is 981. The van der Waals surface area contributed by atoms with Crippen molar-refractivity contribution < 1.29 is 4.92 Å². The van der Waals surface area contributed by atoms with Crippen molar-refractivity contribution in [3.63, 3.8) is 0 Å². The third-order valence-corrected chi connectivity index (χ3v) is 6.06. The van der Waals surface area contributed by atoms with E-state index in [0.717, 1.165) is 31.7 Å². The summed E-state index contributed by atoms with van der Waals surface area (Å²) in [6, 6.07) is 26.3. The van der Waals surface area contributed by atoms with Gasteiger partial charge in [-0.1, -0.05) is 66.7 Å². The molecule has 0 saturated carbocycles. The lowest BCUT2D eigenvalue weighted by atomic mass is 9.96. The minimum absolute atomic E-state index is 0.157. The SMILES string of the molecule is O=[N+]([O-])c1cccc(CNCC2CCN(Cc3ccc(-c4ccccc4)cc3)CC2)c1. The van der Waals surface area contributed by atoms with Gasteiger partial charge >= 0.3 is 0 Å². The van der Waals surface area contributed by atoms with Crippen molar-refractivity contribution >= 4 is 5.69 Å². The van der Waals surface area contributed by atoms with E-state index in [2.05, 4.69) is 58.7 Å². The zero-order chi connectivity index (χ0) is 21.5. The van der Waals surface area contributed by atoms with E-state index in [9.17, 15) is 10.1 Å². The lowest BCUT2D eigenvalue weighted by Gasteiger charge is -2.32. The summed E-state index contributed by atoms with van der Waals surface area (Å²) >= 11 is 0. The Balaban J connectivity index is 1.19. The lowest BCUT2D eigenvalue weighted by Crippen LogP contribution is -2.36. The first kappa shape index (κ1) is 21.2. The van der Waals surface area contributed by atoms with Gasteiger partial charge in [-0.3, -0.25) is 15.0 Å². The van der Waals surface area contributed by atoms with E-state index in [1.807, 2.05) is 12.1 Å². The van der Waals surface area contributed by atoms with Gasteiger partial charge in [0.15, 0.2) is 0 Å². The standard InChI is InChI=1S/C26H29N3O2/c30-29(31)26-8-4-5-23(17-26)19-27-18-21-13-15-28(16-14-21)20-22-9-11-25(12-10-22)24-6-2-1-3-7-24/h1-12,17,21,27H,13-16,18-20H2. The second-order valence-electron chi connectivity index (χ2n) is 8.34. The molecule has 0 radical (unpaired) electrons. The van der Waals surface area contributed by atoms with Crippen LogP contribution in [0.4, 0.5) is 5.69 Å². The third-order valence-electron chi connectivity index (χ3n) is 6.06. The van der Waals surface area contributed by atoms with Crippen LogP contribution >= 0.6 is 0 Å². The van der Waals surface area contributed by atoms with Crippen LogP contribution in [0, 0.1) is 16.0 Å². The number of hydrogen-bond donors (Lipinski definition) is 1. The van der Waals surface area contributed by atoms with Crippen molar-refractivity contribution in [3.05, 3.63) is 100 Å². The zero-order valence-electron chi connectivity index (χ0n) is 17.7. The molecule has 0 atom stereocenters. The van der Waals surface area contributed by atoms with Gasteiger partial charge in [0.1, 0.15) is 0 Å². The van der Waals surface area contributed by atoms with Gasteiger partial charge < -0.3 is 5.32 Å². The van der Waals surface area contributed by atoms with E-state index >= 15 is 0 Å². The smallest absolute Gasteiger partial charge is 0.269 e. The van der Waals surface area contributed by atoms with E-state index < -0.39 is 0 Å². The number of nitro groups is 1. The van der Waals surface area contributed by atoms with Crippen LogP contribution in [0.3, 0.4) is 0 Å². The Morgan fingerprint density at radius 1 is 0.871 bits per heavy atom. The number of rotatable bonds is 8. The van der Waals surface area contributed by atoms with Gasteiger partial charge in [0.2, 0.25) is 0 Å². The summed E-state index contributed by atoms with van der Waals surface area (Å²) in [5.41, 5.74) is 5.00. The van der Waals surface area contributed by atoms with Crippen molar-refractivity contribution in [1.82, 2.24) is 10.2 Å². The van der Waals surface area contributed by atoms with Gasteiger partial charge in [0, 0.05) is 25.2 Å². The molecule has 5 heteroatoms. The molecule has 0 amide bonds. The minimum Gasteiger partial charge on any atom is -0.312 e. The molecule has 3 aromatic carbocycles. The van der Waals surface area contributed by atoms with Crippen LogP contribution in [0.25, 0.3) is 11.1 Å². The number of benzene rings is 3. The van der Waals surface area contributed by atoms with Crippen molar-refractivity contribution in [3.8, 4) is 11.1 Å². The van der Waals surface area contributed by atoms with Crippen LogP contribution in [-0.2, 0) is 13.1 Å². The van der Waals surface area contributed by atoms with Crippen LogP contribution in [0.15, 0.2) is 78.9 Å². The monoisotopic (exact) mass is 415 g/mol. The highest BCUT2D eigenvalue weighted by Gasteiger charge is 2.19. The number of nitrogens with zero attached hydrogens (tertiary/aromatic N) is 2. The summed E-state index contributed by atoms with van der Waals surface area (Å²) < 4.78 is 0. The fourth-order valence-electron chi connectivity index (χ4n) is 4.24. The average Bonchev–Trinajstić information content (AvgIpc) is 2.81. The fourth-order valence-corrected chi connectivity index (χ4v) is 4.24. The van der Waals surface area contributed by atoms with Crippen LogP contribution in [0.1, 0.15) is 24.0 Å². The molecular weight excluding hydrogens is 386 g/mol. The Morgan fingerprint density at radius 3 is 2.29 bits per heavy atom. The maximum atomic E-state index is 10.9. The second-order valence-corrected chi connectivity index (χ2v) is 8.34. The number of likely N-dealkylation sites (tertiary alicyclic amines) is 1. The first-order valence-electron chi connectivity index (χ1n) is 11.0. The number of non-ortho nitro benzene ring substituents is 1. The molecule has 1 saturated heterocycles. The predicted molar refractivity (Wildman–Crippen MR) is 125 cm³/mol. The molecule has 31 heavy (non-hydrogen) atoms. The van der Waals surface area contributed by atoms with Gasteiger partial charge in [0.05, 0.1) is 4.92 Å². The number of nitrogens with one attached hydrogen (secondary N) is 1. The van der Waals surface area contributed by atoms with E-state index in [4.69, 9.17) is 0 Å². The molecule has 0 aromatic heterocycles. The van der Waals surface area contributed by atoms with Crippen molar-refractivity contribution in [2.45, 2.75) is 25.9 Å². The Morgan fingerprint density at radius 2 is 1.58 bits per heavy atom. The van der Waals surface area contributed by atoms with Gasteiger partial charge in [-0.2, -0.15) is 0 Å². The zero-order valence-corrected chi connectivity index (χ0v) is 17.7. The quantitative estimate of drug-likeness (QED) is 0.403. The molecular formula is C26H29N3O2. The summed E-state index contributed by atoms with van der Waals surface area (Å²) in [4.78, 5) is 13.1. The Hall–Kier alpha value is -3.02. The third kappa shape index (κ3) is 6.00.